The molecule has 3 rings (SSSR count). The van der Waals surface area contributed by atoms with Gasteiger partial charge in [-0.1, -0.05) is 48.0 Å². The van der Waals surface area contributed by atoms with Crippen molar-refractivity contribution in [3.63, 3.8) is 0 Å². The van der Waals surface area contributed by atoms with Gasteiger partial charge in [-0.3, -0.25) is 9.59 Å². The Morgan fingerprint density at radius 3 is 2.46 bits per heavy atom. The number of aryl methyl sites for hydroxylation is 2. The van der Waals surface area contributed by atoms with E-state index < -0.39 is 5.92 Å². The lowest BCUT2D eigenvalue weighted by Crippen LogP contribution is -2.27. The number of ether oxygens (including phenoxy) is 1. The van der Waals surface area contributed by atoms with E-state index in [4.69, 9.17) is 4.74 Å². The molecule has 0 fully saturated rings. The molecule has 0 N–H and O–H groups in total. The first-order valence-corrected chi connectivity index (χ1v) is 9.28. The summed E-state index contributed by atoms with van der Waals surface area (Å²) in [5.74, 6) is -0.989. The maximum atomic E-state index is 13.1. The van der Waals surface area contributed by atoms with E-state index in [1.807, 2.05) is 44.2 Å². The van der Waals surface area contributed by atoms with Gasteiger partial charge >= 0.3 is 5.97 Å². The highest BCUT2D eigenvalue weighted by Crippen LogP contribution is 2.38. The van der Waals surface area contributed by atoms with Gasteiger partial charge in [-0.05, 0) is 42.8 Å². The Bertz CT molecular complexity index is 1120. The molecule has 28 heavy (non-hydrogen) atoms. The lowest BCUT2D eigenvalue weighted by Gasteiger charge is -2.23. The van der Waals surface area contributed by atoms with Crippen molar-refractivity contribution < 1.29 is 9.53 Å². The number of methoxy groups -OCH3 is 1. The molecule has 4 heteroatoms. The summed E-state index contributed by atoms with van der Waals surface area (Å²) >= 11 is 0. The zero-order valence-corrected chi connectivity index (χ0v) is 16.8. The first-order chi connectivity index (χ1) is 13.4. The van der Waals surface area contributed by atoms with Gasteiger partial charge in [-0.25, -0.2) is 0 Å². The topological polar surface area (TPSA) is 48.3 Å². The van der Waals surface area contributed by atoms with Crippen molar-refractivity contribution in [1.82, 2.24) is 4.57 Å². The predicted molar refractivity (Wildman–Crippen MR) is 114 cm³/mol. The van der Waals surface area contributed by atoms with Gasteiger partial charge in [-0.2, -0.15) is 0 Å². The van der Waals surface area contributed by atoms with Gasteiger partial charge in [0, 0.05) is 23.7 Å². The molecular formula is C24H25NO3. The average molecular weight is 375 g/mol. The zero-order valence-electron chi connectivity index (χ0n) is 16.8. The number of hydrogen-bond acceptors (Lipinski definition) is 3. The Morgan fingerprint density at radius 1 is 1.18 bits per heavy atom. The number of aromatic nitrogens is 1. The first kappa shape index (κ1) is 19.6. The molecule has 0 saturated heterocycles. The summed E-state index contributed by atoms with van der Waals surface area (Å²) in [7, 11) is 3.09. The van der Waals surface area contributed by atoms with Crippen LogP contribution in [-0.4, -0.2) is 17.6 Å². The van der Waals surface area contributed by atoms with Crippen molar-refractivity contribution in [1.29, 1.82) is 0 Å². The summed E-state index contributed by atoms with van der Waals surface area (Å²) in [5.41, 5.74) is 4.68. The largest absolute Gasteiger partial charge is 0.468 e. The number of rotatable bonds is 5. The molecule has 0 saturated carbocycles. The molecular weight excluding hydrogens is 350 g/mol. The van der Waals surface area contributed by atoms with Crippen LogP contribution in [-0.2, 0) is 16.6 Å². The molecule has 4 nitrogen and oxygen atoms in total. The van der Waals surface area contributed by atoms with Crippen LogP contribution in [0.25, 0.3) is 21.9 Å². The third kappa shape index (κ3) is 3.26. The SMILES string of the molecule is C=CCC(C(=O)OC)c1c(-c2ccc(C)cc2C)c2ccccc2c(=O)n1C. The third-order valence-electron chi connectivity index (χ3n) is 5.22. The summed E-state index contributed by atoms with van der Waals surface area (Å²) in [5, 5.41) is 1.47. The van der Waals surface area contributed by atoms with Crippen LogP contribution in [0.3, 0.4) is 0 Å². The quantitative estimate of drug-likeness (QED) is 0.481. The van der Waals surface area contributed by atoms with Crippen LogP contribution in [0.5, 0.6) is 0 Å². The van der Waals surface area contributed by atoms with Crippen molar-refractivity contribution in [3.05, 3.63) is 82.3 Å². The molecule has 1 heterocycles. The molecule has 1 unspecified atom stereocenters. The maximum Gasteiger partial charge on any atom is 0.315 e. The number of hydrogen-bond donors (Lipinski definition) is 0. The van der Waals surface area contributed by atoms with Crippen molar-refractivity contribution in [2.24, 2.45) is 7.05 Å². The summed E-state index contributed by atoms with van der Waals surface area (Å²) in [4.78, 5) is 25.7. The number of carbonyl (C=O) groups is 1. The van der Waals surface area contributed by atoms with E-state index in [0.717, 1.165) is 27.6 Å². The highest BCUT2D eigenvalue weighted by Gasteiger charge is 2.29. The normalized spacial score (nSPS) is 12.0. The monoisotopic (exact) mass is 375 g/mol. The standard InChI is InChI=1S/C24H25NO3/c1-6-9-20(24(27)28-5)22-21(17-13-12-15(2)14-16(17)3)18-10-7-8-11-19(18)23(26)25(22)4/h6-8,10-14,20H,1,9H2,2-5H3. The minimum absolute atomic E-state index is 0.128. The predicted octanol–water partition coefficient (Wildman–Crippen LogP) is 4.66. The highest BCUT2D eigenvalue weighted by atomic mass is 16.5. The Kier molecular flexibility index (Phi) is 5.50. The first-order valence-electron chi connectivity index (χ1n) is 9.28. The molecule has 3 aromatic rings. The van der Waals surface area contributed by atoms with Gasteiger partial charge in [0.05, 0.1) is 7.11 Å². The van der Waals surface area contributed by atoms with Crippen molar-refractivity contribution in [2.75, 3.05) is 7.11 Å². The lowest BCUT2D eigenvalue weighted by molar-refractivity contribution is -0.142. The van der Waals surface area contributed by atoms with Gasteiger partial charge in [0.2, 0.25) is 0 Å². The second-order valence-corrected chi connectivity index (χ2v) is 7.09. The van der Waals surface area contributed by atoms with Crippen LogP contribution in [0.2, 0.25) is 0 Å². The minimum atomic E-state index is -0.611. The van der Waals surface area contributed by atoms with Gasteiger partial charge in [-0.15, -0.1) is 6.58 Å². The molecule has 0 radical (unpaired) electrons. The van der Waals surface area contributed by atoms with Gasteiger partial charge in [0.1, 0.15) is 5.92 Å². The van der Waals surface area contributed by atoms with Crippen LogP contribution >= 0.6 is 0 Å². The van der Waals surface area contributed by atoms with Crippen LogP contribution in [0.15, 0.2) is 59.9 Å². The number of carbonyl (C=O) groups excluding carboxylic acids is 1. The fourth-order valence-corrected chi connectivity index (χ4v) is 3.90. The third-order valence-corrected chi connectivity index (χ3v) is 5.22. The number of fused-ring (bicyclic) bond motifs is 1. The van der Waals surface area contributed by atoms with E-state index in [9.17, 15) is 9.59 Å². The summed E-state index contributed by atoms with van der Waals surface area (Å²) in [6.07, 6.45) is 2.07. The second kappa shape index (κ2) is 7.85. The molecule has 1 aromatic heterocycles. The van der Waals surface area contributed by atoms with Crippen LogP contribution in [0.1, 0.15) is 29.2 Å². The number of nitrogens with zero attached hydrogens (tertiary/aromatic N) is 1. The molecule has 0 aliphatic heterocycles. The van der Waals surface area contributed by atoms with Crippen LogP contribution in [0, 0.1) is 13.8 Å². The smallest absolute Gasteiger partial charge is 0.315 e. The van der Waals surface area contributed by atoms with Gasteiger partial charge in [0.15, 0.2) is 0 Å². The van der Waals surface area contributed by atoms with Crippen molar-refractivity contribution in [3.8, 4) is 11.1 Å². The van der Waals surface area contributed by atoms with Crippen LogP contribution in [0.4, 0.5) is 0 Å². The number of benzene rings is 2. The Morgan fingerprint density at radius 2 is 1.86 bits per heavy atom. The summed E-state index contributed by atoms with van der Waals surface area (Å²) < 4.78 is 6.65. The van der Waals surface area contributed by atoms with E-state index in [2.05, 4.69) is 18.7 Å². The van der Waals surface area contributed by atoms with Gasteiger partial charge in [0.25, 0.3) is 5.56 Å². The molecule has 0 aliphatic carbocycles. The zero-order chi connectivity index (χ0) is 20.4. The molecule has 144 valence electrons. The average Bonchev–Trinajstić information content (AvgIpc) is 2.69. The molecule has 0 bridgehead atoms. The Labute approximate surface area is 165 Å². The number of esters is 1. The Hall–Kier alpha value is -3.14. The fourth-order valence-electron chi connectivity index (χ4n) is 3.90. The Balaban J connectivity index is 2.52. The van der Waals surface area contributed by atoms with E-state index in [1.165, 1.54) is 7.11 Å². The highest BCUT2D eigenvalue weighted by molar-refractivity contribution is 5.99. The summed E-state index contributed by atoms with van der Waals surface area (Å²) in [6.45, 7) is 7.89. The van der Waals surface area contributed by atoms with E-state index in [1.54, 1.807) is 17.7 Å². The lowest BCUT2D eigenvalue weighted by atomic mass is 9.87. The van der Waals surface area contributed by atoms with Crippen LogP contribution < -0.4 is 5.56 Å². The van der Waals surface area contributed by atoms with Gasteiger partial charge < -0.3 is 9.30 Å². The summed E-state index contributed by atoms with van der Waals surface area (Å²) in [6, 6.07) is 13.8. The van der Waals surface area contributed by atoms with E-state index in [-0.39, 0.29) is 11.5 Å². The van der Waals surface area contributed by atoms with Crippen molar-refractivity contribution >= 4 is 16.7 Å². The van der Waals surface area contributed by atoms with E-state index >= 15 is 0 Å². The molecule has 0 spiro atoms. The second-order valence-electron chi connectivity index (χ2n) is 7.09. The molecule has 0 amide bonds. The molecule has 2 aromatic carbocycles. The minimum Gasteiger partial charge on any atom is -0.468 e. The molecule has 0 aliphatic rings. The fraction of sp³-hybridized carbons (Fsp3) is 0.250. The molecule has 1 atom stereocenters. The maximum absolute atomic E-state index is 13.1. The van der Waals surface area contributed by atoms with Crippen molar-refractivity contribution in [2.45, 2.75) is 26.2 Å². The number of pyridine rings is 1. The number of allylic oxidation sites excluding steroid dienone is 1. The van der Waals surface area contributed by atoms with E-state index in [0.29, 0.717) is 17.5 Å².